The van der Waals surface area contributed by atoms with Gasteiger partial charge in [0, 0.05) is 44.8 Å². The fourth-order valence-corrected chi connectivity index (χ4v) is 3.69. The third-order valence-corrected chi connectivity index (χ3v) is 4.74. The van der Waals surface area contributed by atoms with Crippen molar-refractivity contribution in [2.45, 2.75) is 44.2 Å². The normalized spacial score (nSPS) is 34.9. The minimum atomic E-state index is 0.839. The molecule has 3 heteroatoms. The first kappa shape index (κ1) is 11.0. The van der Waals surface area contributed by atoms with Crippen LogP contribution in [0.25, 0.3) is 0 Å². The molecule has 16 heavy (non-hydrogen) atoms. The smallest absolute Gasteiger partial charge is 0.0233 e. The molecule has 0 aromatic heterocycles. The van der Waals surface area contributed by atoms with Crippen LogP contribution >= 0.6 is 0 Å². The van der Waals surface area contributed by atoms with E-state index in [9.17, 15) is 0 Å². The van der Waals surface area contributed by atoms with Crippen LogP contribution in [-0.2, 0) is 0 Å². The van der Waals surface area contributed by atoms with E-state index in [-0.39, 0.29) is 0 Å². The lowest BCUT2D eigenvalue weighted by atomic mass is 10.1. The van der Waals surface area contributed by atoms with Crippen LogP contribution in [0, 0.1) is 0 Å². The molecule has 2 saturated heterocycles. The molecule has 2 aliphatic heterocycles. The lowest BCUT2D eigenvalue weighted by molar-refractivity contribution is 0.0755. The molecule has 0 aromatic carbocycles. The van der Waals surface area contributed by atoms with Gasteiger partial charge in [0.05, 0.1) is 0 Å². The summed E-state index contributed by atoms with van der Waals surface area (Å²) in [5.74, 6) is 0. The van der Waals surface area contributed by atoms with Gasteiger partial charge in [-0.2, -0.15) is 0 Å². The van der Waals surface area contributed by atoms with Crippen molar-refractivity contribution in [3.63, 3.8) is 0 Å². The van der Waals surface area contributed by atoms with E-state index in [1.165, 1.54) is 71.4 Å². The van der Waals surface area contributed by atoms with Crippen LogP contribution in [0.15, 0.2) is 0 Å². The van der Waals surface area contributed by atoms with Crippen molar-refractivity contribution in [2.24, 2.45) is 0 Å². The predicted octanol–water partition coefficient (Wildman–Crippen LogP) is 0.909. The summed E-state index contributed by atoms with van der Waals surface area (Å²) in [6.07, 6.45) is 7.23. The van der Waals surface area contributed by atoms with Gasteiger partial charge in [-0.15, -0.1) is 0 Å². The molecule has 2 heterocycles. The molecule has 0 spiro atoms. The lowest BCUT2D eigenvalue weighted by Gasteiger charge is -2.40. The first-order chi connectivity index (χ1) is 7.93. The second-order valence-corrected chi connectivity index (χ2v) is 5.66. The number of piperazine rings is 1. The molecule has 0 bridgehead atoms. The standard InChI is InChI=1S/C13H25N3/c1-2-4-12(3-1)15-7-9-16(10-8-15)13-5-6-14-11-13/h12-14H,1-11H2. The molecule has 0 amide bonds. The maximum atomic E-state index is 3.48. The van der Waals surface area contributed by atoms with Crippen LogP contribution in [0.4, 0.5) is 0 Å². The Bertz CT molecular complexity index is 187. The van der Waals surface area contributed by atoms with Crippen molar-refractivity contribution in [2.75, 3.05) is 39.3 Å². The van der Waals surface area contributed by atoms with Gasteiger partial charge in [0.1, 0.15) is 0 Å². The van der Waals surface area contributed by atoms with E-state index in [0.29, 0.717) is 0 Å². The van der Waals surface area contributed by atoms with Gasteiger partial charge in [0.2, 0.25) is 0 Å². The summed E-state index contributed by atoms with van der Waals surface area (Å²) >= 11 is 0. The molecule has 0 radical (unpaired) electrons. The van der Waals surface area contributed by atoms with Gasteiger partial charge < -0.3 is 5.32 Å². The Morgan fingerprint density at radius 3 is 1.94 bits per heavy atom. The average molecular weight is 223 g/mol. The zero-order chi connectivity index (χ0) is 10.8. The maximum Gasteiger partial charge on any atom is 0.0233 e. The van der Waals surface area contributed by atoms with Gasteiger partial charge in [-0.3, -0.25) is 9.80 Å². The molecule has 3 fully saturated rings. The Kier molecular flexibility index (Phi) is 3.46. The Labute approximate surface area is 99.2 Å². The van der Waals surface area contributed by atoms with Crippen LogP contribution < -0.4 is 5.32 Å². The van der Waals surface area contributed by atoms with Crippen LogP contribution in [0.3, 0.4) is 0 Å². The number of nitrogens with zero attached hydrogens (tertiary/aromatic N) is 2. The number of hydrogen-bond donors (Lipinski definition) is 1. The summed E-state index contributed by atoms with van der Waals surface area (Å²) in [6, 6.07) is 1.77. The Balaban J connectivity index is 1.47. The van der Waals surface area contributed by atoms with Crippen molar-refractivity contribution >= 4 is 0 Å². The lowest BCUT2D eigenvalue weighted by Crippen LogP contribution is -2.53. The quantitative estimate of drug-likeness (QED) is 0.751. The fraction of sp³-hybridized carbons (Fsp3) is 1.00. The first-order valence-electron chi connectivity index (χ1n) is 7.12. The summed E-state index contributed by atoms with van der Waals surface area (Å²) in [7, 11) is 0. The van der Waals surface area contributed by atoms with Gasteiger partial charge in [-0.1, -0.05) is 12.8 Å². The maximum absolute atomic E-state index is 3.48. The van der Waals surface area contributed by atoms with Crippen molar-refractivity contribution in [1.82, 2.24) is 15.1 Å². The van der Waals surface area contributed by atoms with E-state index in [1.807, 2.05) is 0 Å². The molecule has 1 aliphatic carbocycles. The molecule has 92 valence electrons. The molecule has 3 aliphatic rings. The van der Waals surface area contributed by atoms with E-state index in [4.69, 9.17) is 0 Å². The summed E-state index contributed by atoms with van der Waals surface area (Å²) < 4.78 is 0. The molecular formula is C13H25N3. The van der Waals surface area contributed by atoms with Gasteiger partial charge in [0.15, 0.2) is 0 Å². The Morgan fingerprint density at radius 1 is 0.750 bits per heavy atom. The van der Waals surface area contributed by atoms with Crippen molar-refractivity contribution in [3.05, 3.63) is 0 Å². The van der Waals surface area contributed by atoms with E-state index in [1.54, 1.807) is 0 Å². The fourth-order valence-electron chi connectivity index (χ4n) is 3.69. The molecule has 1 N–H and O–H groups in total. The highest BCUT2D eigenvalue weighted by molar-refractivity contribution is 4.87. The second-order valence-electron chi connectivity index (χ2n) is 5.66. The second kappa shape index (κ2) is 5.03. The largest absolute Gasteiger partial charge is 0.315 e. The highest BCUT2D eigenvalue weighted by Crippen LogP contribution is 2.24. The average Bonchev–Trinajstić information content (AvgIpc) is 3.03. The minimum absolute atomic E-state index is 0.839. The highest BCUT2D eigenvalue weighted by atomic mass is 15.3. The molecule has 0 aromatic rings. The van der Waals surface area contributed by atoms with Crippen LogP contribution in [0.5, 0.6) is 0 Å². The van der Waals surface area contributed by atoms with Crippen LogP contribution in [0.2, 0.25) is 0 Å². The van der Waals surface area contributed by atoms with Crippen LogP contribution in [-0.4, -0.2) is 61.2 Å². The Hall–Kier alpha value is -0.120. The molecular weight excluding hydrogens is 198 g/mol. The van der Waals surface area contributed by atoms with Gasteiger partial charge >= 0.3 is 0 Å². The molecule has 3 nitrogen and oxygen atoms in total. The molecule has 3 rings (SSSR count). The predicted molar refractivity (Wildman–Crippen MR) is 66.7 cm³/mol. The monoisotopic (exact) mass is 223 g/mol. The van der Waals surface area contributed by atoms with Crippen molar-refractivity contribution in [1.29, 1.82) is 0 Å². The van der Waals surface area contributed by atoms with E-state index in [2.05, 4.69) is 15.1 Å². The third-order valence-electron chi connectivity index (χ3n) is 4.74. The SMILES string of the molecule is C1CCC(N2CCN(C3CCNC3)CC2)C1. The number of rotatable bonds is 2. The van der Waals surface area contributed by atoms with E-state index < -0.39 is 0 Å². The van der Waals surface area contributed by atoms with Crippen molar-refractivity contribution in [3.8, 4) is 0 Å². The van der Waals surface area contributed by atoms with E-state index in [0.717, 1.165) is 12.1 Å². The van der Waals surface area contributed by atoms with E-state index >= 15 is 0 Å². The van der Waals surface area contributed by atoms with Gasteiger partial charge in [-0.05, 0) is 25.8 Å². The third kappa shape index (κ3) is 2.27. The summed E-state index contributed by atoms with van der Waals surface area (Å²) in [6.45, 7) is 7.71. The summed E-state index contributed by atoms with van der Waals surface area (Å²) in [4.78, 5) is 5.47. The number of nitrogens with one attached hydrogen (secondary N) is 1. The topological polar surface area (TPSA) is 18.5 Å². The summed E-state index contributed by atoms with van der Waals surface area (Å²) in [5.41, 5.74) is 0. The molecule has 1 unspecified atom stereocenters. The summed E-state index contributed by atoms with van der Waals surface area (Å²) in [5, 5.41) is 3.48. The number of hydrogen-bond acceptors (Lipinski definition) is 3. The van der Waals surface area contributed by atoms with Crippen molar-refractivity contribution < 1.29 is 0 Å². The molecule has 1 atom stereocenters. The zero-order valence-corrected chi connectivity index (χ0v) is 10.3. The molecule has 1 saturated carbocycles. The Morgan fingerprint density at radius 2 is 1.38 bits per heavy atom. The van der Waals surface area contributed by atoms with Gasteiger partial charge in [-0.25, -0.2) is 0 Å². The zero-order valence-electron chi connectivity index (χ0n) is 10.3. The highest BCUT2D eigenvalue weighted by Gasteiger charge is 2.29. The first-order valence-corrected chi connectivity index (χ1v) is 7.12. The minimum Gasteiger partial charge on any atom is -0.315 e. The van der Waals surface area contributed by atoms with Gasteiger partial charge in [0.25, 0.3) is 0 Å². The van der Waals surface area contributed by atoms with Crippen LogP contribution in [0.1, 0.15) is 32.1 Å².